The van der Waals surface area contributed by atoms with Gasteiger partial charge in [0, 0.05) is 12.3 Å². The highest BCUT2D eigenvalue weighted by Crippen LogP contribution is 2.32. The van der Waals surface area contributed by atoms with E-state index in [0.717, 1.165) is 34.6 Å². The summed E-state index contributed by atoms with van der Waals surface area (Å²) < 4.78 is 16.2. The second-order valence-corrected chi connectivity index (χ2v) is 7.52. The predicted molar refractivity (Wildman–Crippen MR) is 117 cm³/mol. The van der Waals surface area contributed by atoms with Gasteiger partial charge in [0.05, 0.1) is 33.5 Å². The van der Waals surface area contributed by atoms with E-state index >= 15 is 0 Å². The number of amidine groups is 1. The van der Waals surface area contributed by atoms with Crippen LogP contribution in [0.3, 0.4) is 0 Å². The Morgan fingerprint density at radius 1 is 1.25 bits per heavy atom. The SMILES string of the molecule is COc1ccc(COC(=O)N[C@@H]2C(NOCCO)=NC[C@H]2c2ccc3c(c2)CCO3)cc1. The van der Waals surface area contributed by atoms with E-state index in [1.807, 2.05) is 36.4 Å². The van der Waals surface area contributed by atoms with Gasteiger partial charge < -0.3 is 24.6 Å². The van der Waals surface area contributed by atoms with E-state index in [1.165, 1.54) is 0 Å². The maximum atomic E-state index is 12.6. The van der Waals surface area contributed by atoms with E-state index in [0.29, 0.717) is 19.0 Å². The van der Waals surface area contributed by atoms with Crippen LogP contribution in [0.4, 0.5) is 4.79 Å². The predicted octanol–water partition coefficient (Wildman–Crippen LogP) is 1.93. The third-order valence-corrected chi connectivity index (χ3v) is 5.47. The molecule has 0 fully saturated rings. The van der Waals surface area contributed by atoms with Crippen LogP contribution >= 0.6 is 0 Å². The number of benzene rings is 2. The van der Waals surface area contributed by atoms with Crippen molar-refractivity contribution in [1.82, 2.24) is 10.8 Å². The molecule has 2 heterocycles. The molecule has 9 nitrogen and oxygen atoms in total. The van der Waals surface area contributed by atoms with E-state index < -0.39 is 12.1 Å². The molecule has 0 bridgehead atoms. The van der Waals surface area contributed by atoms with E-state index in [9.17, 15) is 4.79 Å². The molecule has 0 saturated heterocycles. The van der Waals surface area contributed by atoms with Crippen molar-refractivity contribution < 1.29 is 28.9 Å². The molecule has 9 heteroatoms. The average Bonchev–Trinajstić information content (AvgIpc) is 3.45. The average molecular weight is 441 g/mol. The number of ether oxygens (including phenoxy) is 3. The molecule has 2 atom stereocenters. The fourth-order valence-electron chi connectivity index (χ4n) is 3.80. The van der Waals surface area contributed by atoms with Crippen molar-refractivity contribution in [3.63, 3.8) is 0 Å². The summed E-state index contributed by atoms with van der Waals surface area (Å²) in [6.07, 6.45) is 0.308. The summed E-state index contributed by atoms with van der Waals surface area (Å²) >= 11 is 0. The fourth-order valence-corrected chi connectivity index (χ4v) is 3.80. The smallest absolute Gasteiger partial charge is 0.408 e. The molecule has 32 heavy (non-hydrogen) atoms. The molecule has 0 saturated carbocycles. The van der Waals surface area contributed by atoms with Crippen LogP contribution in [0.1, 0.15) is 22.6 Å². The number of rotatable bonds is 8. The number of aliphatic hydroxyl groups is 1. The van der Waals surface area contributed by atoms with E-state index in [1.54, 1.807) is 7.11 Å². The fraction of sp³-hybridized carbons (Fsp3) is 0.391. The van der Waals surface area contributed by atoms with Crippen molar-refractivity contribution >= 4 is 11.9 Å². The van der Waals surface area contributed by atoms with Gasteiger partial charge in [0.25, 0.3) is 0 Å². The van der Waals surface area contributed by atoms with Gasteiger partial charge in [0.1, 0.15) is 30.0 Å². The molecule has 2 aliphatic heterocycles. The summed E-state index contributed by atoms with van der Waals surface area (Å²) in [5.74, 6) is 2.04. The van der Waals surface area contributed by atoms with Gasteiger partial charge in [-0.1, -0.05) is 24.3 Å². The number of alkyl carbamates (subject to hydrolysis) is 1. The summed E-state index contributed by atoms with van der Waals surface area (Å²) in [5.41, 5.74) is 5.81. The number of aliphatic imine (C=N–C) groups is 1. The van der Waals surface area contributed by atoms with Gasteiger partial charge in [-0.15, -0.1) is 0 Å². The summed E-state index contributed by atoms with van der Waals surface area (Å²) in [6, 6.07) is 12.9. The molecule has 2 aromatic carbocycles. The largest absolute Gasteiger partial charge is 0.497 e. The number of hydrogen-bond donors (Lipinski definition) is 3. The van der Waals surface area contributed by atoms with E-state index in [2.05, 4.69) is 21.9 Å². The number of fused-ring (bicyclic) bond motifs is 1. The third kappa shape index (κ3) is 5.12. The Hall–Kier alpha value is -3.30. The van der Waals surface area contributed by atoms with Crippen molar-refractivity contribution in [3.8, 4) is 11.5 Å². The van der Waals surface area contributed by atoms with Crippen LogP contribution in [0.15, 0.2) is 47.5 Å². The van der Waals surface area contributed by atoms with Crippen LogP contribution in [0.25, 0.3) is 0 Å². The van der Waals surface area contributed by atoms with Crippen molar-refractivity contribution in [2.24, 2.45) is 4.99 Å². The Morgan fingerprint density at radius 2 is 2.09 bits per heavy atom. The number of amides is 1. The Labute approximate surface area is 186 Å². The second-order valence-electron chi connectivity index (χ2n) is 7.52. The molecular formula is C23H27N3O6. The summed E-state index contributed by atoms with van der Waals surface area (Å²) in [6.45, 7) is 1.27. The van der Waals surface area contributed by atoms with Gasteiger partial charge >= 0.3 is 6.09 Å². The van der Waals surface area contributed by atoms with Crippen LogP contribution in [-0.4, -0.2) is 56.6 Å². The zero-order valence-electron chi connectivity index (χ0n) is 17.9. The highest BCUT2D eigenvalue weighted by molar-refractivity contribution is 5.92. The monoisotopic (exact) mass is 441 g/mol. The van der Waals surface area contributed by atoms with Crippen molar-refractivity contribution in [2.45, 2.75) is 25.0 Å². The standard InChI is InChI=1S/C23H27N3O6/c1-29-18-5-2-15(3-6-18)14-31-23(28)25-21-19(13-24-22(21)26-32-11-9-27)16-4-7-20-17(12-16)8-10-30-20/h2-7,12,19,21,27H,8-11,13-14H2,1H3,(H,24,26)(H,25,28)/t19-,21-/m0/s1. The van der Waals surface area contributed by atoms with Crippen molar-refractivity contribution in [1.29, 1.82) is 0 Å². The minimum absolute atomic E-state index is 0.0883. The van der Waals surface area contributed by atoms with E-state index in [-0.39, 0.29) is 25.7 Å². The lowest BCUT2D eigenvalue weighted by molar-refractivity contribution is 0.0514. The maximum absolute atomic E-state index is 12.6. The Morgan fingerprint density at radius 3 is 2.88 bits per heavy atom. The molecule has 2 aromatic rings. The molecule has 0 radical (unpaired) electrons. The number of hydroxylamine groups is 1. The van der Waals surface area contributed by atoms with Crippen molar-refractivity contribution in [3.05, 3.63) is 59.2 Å². The van der Waals surface area contributed by atoms with Crippen LogP contribution in [0, 0.1) is 0 Å². The minimum Gasteiger partial charge on any atom is -0.497 e. The number of nitrogens with one attached hydrogen (secondary N) is 2. The number of hydrogen-bond acceptors (Lipinski definition) is 8. The van der Waals surface area contributed by atoms with Crippen LogP contribution in [0.5, 0.6) is 11.5 Å². The molecule has 1 amide bonds. The van der Waals surface area contributed by atoms with Gasteiger partial charge in [-0.3, -0.25) is 15.3 Å². The van der Waals surface area contributed by atoms with Crippen LogP contribution in [0.2, 0.25) is 0 Å². The number of carbonyl (C=O) groups is 1. The van der Waals surface area contributed by atoms with E-state index in [4.69, 9.17) is 24.2 Å². The molecule has 4 rings (SSSR count). The van der Waals surface area contributed by atoms with Gasteiger partial charge in [-0.05, 0) is 34.9 Å². The number of methoxy groups -OCH3 is 1. The molecule has 0 aliphatic carbocycles. The van der Waals surface area contributed by atoms with Gasteiger partial charge in [-0.25, -0.2) is 4.79 Å². The van der Waals surface area contributed by atoms with Crippen molar-refractivity contribution in [2.75, 3.05) is 33.5 Å². The first kappa shape index (κ1) is 21.9. The van der Waals surface area contributed by atoms with Crippen LogP contribution in [-0.2, 0) is 22.6 Å². The lowest BCUT2D eigenvalue weighted by Crippen LogP contribution is -2.48. The normalized spacial score (nSPS) is 19.0. The summed E-state index contributed by atoms with van der Waals surface area (Å²) in [5, 5.41) is 11.9. The summed E-state index contributed by atoms with van der Waals surface area (Å²) in [7, 11) is 1.60. The quantitative estimate of drug-likeness (QED) is 0.424. The lowest BCUT2D eigenvalue weighted by atomic mass is 9.91. The highest BCUT2D eigenvalue weighted by atomic mass is 16.6. The first-order valence-corrected chi connectivity index (χ1v) is 10.5. The Balaban J connectivity index is 1.42. The topological polar surface area (TPSA) is 111 Å². The second kappa shape index (κ2) is 10.3. The molecule has 0 aromatic heterocycles. The molecule has 170 valence electrons. The van der Waals surface area contributed by atoms with Gasteiger partial charge in [0.15, 0.2) is 0 Å². The van der Waals surface area contributed by atoms with Gasteiger partial charge in [-0.2, -0.15) is 0 Å². The zero-order valence-corrected chi connectivity index (χ0v) is 17.9. The van der Waals surface area contributed by atoms with Gasteiger partial charge in [0.2, 0.25) is 0 Å². The first-order valence-electron chi connectivity index (χ1n) is 10.5. The Kier molecular flexibility index (Phi) is 7.08. The molecule has 0 unspecified atom stereocenters. The maximum Gasteiger partial charge on any atom is 0.408 e. The zero-order chi connectivity index (χ0) is 22.3. The molecule has 3 N–H and O–H groups in total. The molecule has 2 aliphatic rings. The lowest BCUT2D eigenvalue weighted by Gasteiger charge is -2.23. The minimum atomic E-state index is -0.557. The molecule has 0 spiro atoms. The third-order valence-electron chi connectivity index (χ3n) is 5.47. The Bertz CT molecular complexity index is 963. The number of carbonyl (C=O) groups excluding carboxylic acids is 1. The number of nitrogens with zero attached hydrogens (tertiary/aromatic N) is 1. The summed E-state index contributed by atoms with van der Waals surface area (Å²) in [4.78, 5) is 22.3. The highest BCUT2D eigenvalue weighted by Gasteiger charge is 2.35. The van der Waals surface area contributed by atoms with Crippen LogP contribution < -0.4 is 20.3 Å². The first-order chi connectivity index (χ1) is 15.7. The molecular weight excluding hydrogens is 414 g/mol. The number of aliphatic hydroxyl groups excluding tert-OH is 1.